The Hall–Kier alpha value is -2.37. The van der Waals surface area contributed by atoms with Crippen LogP contribution in [0.1, 0.15) is 35.6 Å². The third kappa shape index (κ3) is 4.13. The molecule has 126 valence electrons. The molecule has 1 heterocycles. The van der Waals surface area contributed by atoms with Crippen LogP contribution in [0, 0.1) is 0 Å². The molecule has 6 heteroatoms. The number of nitrogens with zero attached hydrogens (tertiary/aromatic N) is 1. The molecule has 1 aromatic carbocycles. The van der Waals surface area contributed by atoms with Crippen molar-refractivity contribution in [3.63, 3.8) is 0 Å². The number of aromatic nitrogens is 1. The number of amides is 1. The van der Waals surface area contributed by atoms with Crippen LogP contribution in [0.25, 0.3) is 0 Å². The van der Waals surface area contributed by atoms with E-state index in [0.29, 0.717) is 24.8 Å². The van der Waals surface area contributed by atoms with Crippen LogP contribution in [0.2, 0.25) is 0 Å². The van der Waals surface area contributed by atoms with Crippen molar-refractivity contribution in [1.29, 1.82) is 0 Å². The van der Waals surface area contributed by atoms with E-state index in [4.69, 9.17) is 0 Å². The highest BCUT2D eigenvalue weighted by Crippen LogP contribution is 2.42. The number of aryl methyl sites for hydroxylation is 1. The van der Waals surface area contributed by atoms with Gasteiger partial charge < -0.3 is 5.32 Å². The lowest BCUT2D eigenvalue weighted by Gasteiger charge is -2.09. The van der Waals surface area contributed by atoms with E-state index in [1.54, 1.807) is 12.3 Å². The van der Waals surface area contributed by atoms with E-state index in [-0.39, 0.29) is 17.9 Å². The normalized spacial score (nSPS) is 19.8. The van der Waals surface area contributed by atoms with Crippen LogP contribution in [0.5, 0.6) is 0 Å². The summed E-state index contributed by atoms with van der Waals surface area (Å²) in [6.07, 6.45) is -1.11. The SMILES string of the molecule is O=C(CCc1ccccn1)N[C@H]1C[C@@H]1c1cccc(C(F)(F)F)c1. The second-order valence-corrected chi connectivity index (χ2v) is 5.96. The summed E-state index contributed by atoms with van der Waals surface area (Å²) in [5.41, 5.74) is 0.824. The number of pyridine rings is 1. The molecule has 3 nitrogen and oxygen atoms in total. The fourth-order valence-electron chi connectivity index (χ4n) is 2.74. The molecule has 0 radical (unpaired) electrons. The fourth-order valence-corrected chi connectivity index (χ4v) is 2.74. The van der Waals surface area contributed by atoms with Crippen molar-refractivity contribution in [2.75, 3.05) is 0 Å². The molecule has 2 atom stereocenters. The van der Waals surface area contributed by atoms with Gasteiger partial charge in [0.15, 0.2) is 0 Å². The Bertz CT molecular complexity index is 716. The number of benzene rings is 1. The van der Waals surface area contributed by atoms with Gasteiger partial charge in [-0.2, -0.15) is 13.2 Å². The Balaban J connectivity index is 1.51. The molecule has 0 spiro atoms. The molecule has 1 aliphatic carbocycles. The first-order valence-corrected chi connectivity index (χ1v) is 7.80. The van der Waals surface area contributed by atoms with E-state index in [2.05, 4.69) is 10.3 Å². The monoisotopic (exact) mass is 334 g/mol. The first kappa shape index (κ1) is 16.5. The maximum Gasteiger partial charge on any atom is 0.416 e. The van der Waals surface area contributed by atoms with Gasteiger partial charge in [0.05, 0.1) is 5.56 Å². The second kappa shape index (κ2) is 6.63. The summed E-state index contributed by atoms with van der Waals surface area (Å²) in [4.78, 5) is 16.1. The van der Waals surface area contributed by atoms with Crippen molar-refractivity contribution in [2.45, 2.75) is 37.4 Å². The van der Waals surface area contributed by atoms with Crippen molar-refractivity contribution in [3.8, 4) is 0 Å². The first-order chi connectivity index (χ1) is 11.4. The Labute approximate surface area is 137 Å². The van der Waals surface area contributed by atoms with Gasteiger partial charge in [-0.25, -0.2) is 0 Å². The molecule has 0 bridgehead atoms. The summed E-state index contributed by atoms with van der Waals surface area (Å²) in [6.45, 7) is 0. The summed E-state index contributed by atoms with van der Waals surface area (Å²) in [6, 6.07) is 10.8. The molecule has 3 rings (SSSR count). The summed E-state index contributed by atoms with van der Waals surface area (Å²) in [5.74, 6) is -0.133. The molecule has 0 saturated heterocycles. The number of rotatable bonds is 5. The van der Waals surface area contributed by atoms with Crippen molar-refractivity contribution in [1.82, 2.24) is 10.3 Å². The molecule has 1 saturated carbocycles. The van der Waals surface area contributed by atoms with Crippen LogP contribution in [-0.2, 0) is 17.4 Å². The van der Waals surface area contributed by atoms with Crippen molar-refractivity contribution in [3.05, 3.63) is 65.5 Å². The van der Waals surface area contributed by atoms with Gasteiger partial charge >= 0.3 is 6.18 Å². The van der Waals surface area contributed by atoms with E-state index in [9.17, 15) is 18.0 Å². The first-order valence-electron chi connectivity index (χ1n) is 7.80. The third-order valence-electron chi connectivity index (χ3n) is 4.11. The number of hydrogen-bond acceptors (Lipinski definition) is 2. The molecule has 2 aromatic rings. The number of carbonyl (C=O) groups excluding carboxylic acids is 1. The zero-order valence-corrected chi connectivity index (χ0v) is 12.9. The zero-order valence-electron chi connectivity index (χ0n) is 12.9. The third-order valence-corrected chi connectivity index (χ3v) is 4.11. The number of halogens is 3. The number of nitrogens with one attached hydrogen (secondary N) is 1. The maximum atomic E-state index is 12.7. The Morgan fingerprint density at radius 1 is 1.21 bits per heavy atom. The van der Waals surface area contributed by atoms with E-state index < -0.39 is 11.7 Å². The zero-order chi connectivity index (χ0) is 17.2. The second-order valence-electron chi connectivity index (χ2n) is 5.96. The number of hydrogen-bond donors (Lipinski definition) is 1. The number of carbonyl (C=O) groups is 1. The van der Waals surface area contributed by atoms with E-state index in [1.165, 1.54) is 12.1 Å². The minimum absolute atomic E-state index is 0.0360. The lowest BCUT2D eigenvalue weighted by atomic mass is 10.1. The lowest BCUT2D eigenvalue weighted by Crippen LogP contribution is -2.26. The molecule has 1 aliphatic rings. The molecule has 1 N–H and O–H groups in total. The van der Waals surface area contributed by atoms with Gasteiger partial charge in [-0.15, -0.1) is 0 Å². The predicted octanol–water partition coefficient (Wildman–Crippen LogP) is 3.71. The van der Waals surface area contributed by atoms with Gasteiger partial charge in [0.2, 0.25) is 5.91 Å². The summed E-state index contributed by atoms with van der Waals surface area (Å²) in [7, 11) is 0. The summed E-state index contributed by atoms with van der Waals surface area (Å²) in [5, 5.41) is 2.88. The van der Waals surface area contributed by atoms with E-state index >= 15 is 0 Å². The molecule has 1 amide bonds. The van der Waals surface area contributed by atoms with Gasteiger partial charge in [-0.05, 0) is 36.6 Å². The van der Waals surface area contributed by atoms with Crippen molar-refractivity contribution in [2.24, 2.45) is 0 Å². The summed E-state index contributed by atoms with van der Waals surface area (Å²) >= 11 is 0. The van der Waals surface area contributed by atoms with E-state index in [0.717, 1.165) is 11.8 Å². The van der Waals surface area contributed by atoms with E-state index in [1.807, 2.05) is 18.2 Å². The Kier molecular flexibility index (Phi) is 4.55. The fraction of sp³-hybridized carbons (Fsp3) is 0.333. The van der Waals surface area contributed by atoms with Crippen LogP contribution in [0.4, 0.5) is 13.2 Å². The van der Waals surface area contributed by atoms with Crippen LogP contribution in [0.3, 0.4) is 0 Å². The quantitative estimate of drug-likeness (QED) is 0.906. The molecular weight excluding hydrogens is 317 g/mol. The highest BCUT2D eigenvalue weighted by Gasteiger charge is 2.40. The topological polar surface area (TPSA) is 42.0 Å². The highest BCUT2D eigenvalue weighted by molar-refractivity contribution is 5.77. The molecule has 1 aromatic heterocycles. The Morgan fingerprint density at radius 3 is 2.75 bits per heavy atom. The van der Waals surface area contributed by atoms with Gasteiger partial charge in [-0.1, -0.05) is 24.3 Å². The minimum Gasteiger partial charge on any atom is -0.353 e. The molecule has 0 unspecified atom stereocenters. The van der Waals surface area contributed by atoms with Gasteiger partial charge in [0, 0.05) is 30.3 Å². The Morgan fingerprint density at radius 2 is 2.04 bits per heavy atom. The van der Waals surface area contributed by atoms with Gasteiger partial charge in [0.25, 0.3) is 0 Å². The van der Waals surface area contributed by atoms with Crippen LogP contribution < -0.4 is 5.32 Å². The lowest BCUT2D eigenvalue weighted by molar-refractivity contribution is -0.137. The average molecular weight is 334 g/mol. The van der Waals surface area contributed by atoms with Crippen molar-refractivity contribution < 1.29 is 18.0 Å². The molecule has 24 heavy (non-hydrogen) atoms. The highest BCUT2D eigenvalue weighted by atomic mass is 19.4. The average Bonchev–Trinajstić information content (AvgIpc) is 3.32. The predicted molar refractivity (Wildman–Crippen MR) is 83.3 cm³/mol. The standard InChI is InChI=1S/C18H17F3N2O/c19-18(20,21)13-5-3-4-12(10-13)15-11-16(15)23-17(24)8-7-14-6-1-2-9-22-14/h1-6,9-10,15-16H,7-8,11H2,(H,23,24)/t15-,16+/m1/s1. The molecule has 1 fully saturated rings. The molecular formula is C18H17F3N2O. The largest absolute Gasteiger partial charge is 0.416 e. The smallest absolute Gasteiger partial charge is 0.353 e. The van der Waals surface area contributed by atoms with Gasteiger partial charge in [-0.3, -0.25) is 9.78 Å². The van der Waals surface area contributed by atoms with Gasteiger partial charge in [0.1, 0.15) is 0 Å². The molecule has 0 aliphatic heterocycles. The maximum absolute atomic E-state index is 12.7. The minimum atomic E-state index is -4.34. The number of alkyl halides is 3. The van der Waals surface area contributed by atoms with Crippen LogP contribution >= 0.6 is 0 Å². The summed E-state index contributed by atoms with van der Waals surface area (Å²) < 4.78 is 38.2. The van der Waals surface area contributed by atoms with Crippen LogP contribution in [-0.4, -0.2) is 16.9 Å². The van der Waals surface area contributed by atoms with Crippen LogP contribution in [0.15, 0.2) is 48.7 Å². The van der Waals surface area contributed by atoms with Crippen molar-refractivity contribution >= 4 is 5.91 Å².